The van der Waals surface area contributed by atoms with Gasteiger partial charge in [-0.15, -0.1) is 11.8 Å². The fourth-order valence-electron chi connectivity index (χ4n) is 2.48. The maximum Gasteiger partial charge on any atom is 0.352 e. The number of carbonyl (C=O) groups excluding carboxylic acids is 1. The van der Waals surface area contributed by atoms with Crippen LogP contribution >= 0.6 is 23.5 Å². The van der Waals surface area contributed by atoms with Gasteiger partial charge in [0.15, 0.2) is 6.20 Å². The quantitative estimate of drug-likeness (QED) is 0.472. The number of carbonyl (C=O) groups is 2. The first kappa shape index (κ1) is 16.1. The number of rotatable bonds is 4. The molecular formula is C15H16N3O3S2+. The molecule has 2 atom stereocenters. The molecule has 2 aliphatic heterocycles. The molecule has 1 saturated heterocycles. The number of hydrogen-bond donors (Lipinski definition) is 2. The zero-order valence-electron chi connectivity index (χ0n) is 12.4. The number of β-lactam (4-membered cyclic amide) rings is 1. The highest BCUT2D eigenvalue weighted by Gasteiger charge is 2.51. The number of pyridine rings is 1. The maximum absolute atomic E-state index is 11.9. The van der Waals surface area contributed by atoms with Crippen LogP contribution in [0.4, 0.5) is 0 Å². The van der Waals surface area contributed by atoms with Gasteiger partial charge in [-0.3, -0.25) is 9.69 Å². The van der Waals surface area contributed by atoms with Gasteiger partial charge in [0.05, 0.1) is 0 Å². The topological polar surface area (TPSA) is 87.5 Å². The number of aromatic nitrogens is 1. The molecule has 1 amide bonds. The number of nitrogens with two attached hydrogens (primary N) is 1. The highest BCUT2D eigenvalue weighted by molar-refractivity contribution is 8.02. The molecule has 1 fully saturated rings. The third kappa shape index (κ3) is 2.89. The van der Waals surface area contributed by atoms with Crippen LogP contribution in [0, 0.1) is 0 Å². The average molecular weight is 350 g/mol. The van der Waals surface area contributed by atoms with Gasteiger partial charge < -0.3 is 10.8 Å². The second-order valence-corrected chi connectivity index (χ2v) is 7.22. The SMILES string of the molecule is C[n+]1ccccc1S/C=C/C1=C(C(=O)O)N2C(=O)[C@@H](N)[C@H]2SC1. The molecule has 0 radical (unpaired) electrons. The normalized spacial score (nSPS) is 23.9. The molecule has 6 nitrogen and oxygen atoms in total. The molecule has 3 N–H and O–H groups in total. The third-order valence-electron chi connectivity index (χ3n) is 3.71. The predicted octanol–water partition coefficient (Wildman–Crippen LogP) is 0.698. The van der Waals surface area contributed by atoms with Crippen molar-refractivity contribution in [2.75, 3.05) is 5.75 Å². The fourth-order valence-corrected chi connectivity index (χ4v) is 4.51. The van der Waals surface area contributed by atoms with Crippen LogP contribution in [-0.4, -0.2) is 39.1 Å². The van der Waals surface area contributed by atoms with Crippen LogP contribution in [0.15, 0.2) is 52.2 Å². The second-order valence-electron chi connectivity index (χ2n) is 5.18. The smallest absolute Gasteiger partial charge is 0.352 e. The highest BCUT2D eigenvalue weighted by atomic mass is 32.2. The minimum Gasteiger partial charge on any atom is -0.477 e. The van der Waals surface area contributed by atoms with Crippen molar-refractivity contribution >= 4 is 35.4 Å². The lowest BCUT2D eigenvalue weighted by molar-refractivity contribution is -0.708. The summed E-state index contributed by atoms with van der Waals surface area (Å²) in [7, 11) is 1.94. The Hall–Kier alpha value is -1.77. The summed E-state index contributed by atoms with van der Waals surface area (Å²) in [6, 6.07) is 5.26. The lowest BCUT2D eigenvalue weighted by Gasteiger charge is -2.47. The minimum absolute atomic E-state index is 0.0507. The standard InChI is InChI=1S/C15H15N3O3S2/c1-17-6-3-2-4-10(17)22-7-5-9-8-23-14-11(16)13(19)18(14)12(9)15(20)21/h2-7,11,14H,8,16H2,1H3/p+1/b7-5+/t11-,14-/m1/s1. The monoisotopic (exact) mass is 350 g/mol. The van der Waals surface area contributed by atoms with E-state index in [1.165, 1.54) is 28.4 Å². The Morgan fingerprint density at radius 2 is 2.35 bits per heavy atom. The molecule has 2 aliphatic rings. The number of aliphatic carboxylic acids is 1. The first-order chi connectivity index (χ1) is 11.0. The van der Waals surface area contributed by atoms with Crippen LogP contribution in [0.3, 0.4) is 0 Å². The van der Waals surface area contributed by atoms with Crippen molar-refractivity contribution < 1.29 is 19.3 Å². The lowest BCUT2D eigenvalue weighted by Crippen LogP contribution is -2.68. The van der Waals surface area contributed by atoms with Gasteiger partial charge in [-0.25, -0.2) is 4.79 Å². The summed E-state index contributed by atoms with van der Waals surface area (Å²) in [5.74, 6) is -0.889. The molecule has 0 bridgehead atoms. The van der Waals surface area contributed by atoms with E-state index in [1.54, 1.807) is 6.08 Å². The third-order valence-corrected chi connectivity index (χ3v) is 5.97. The second kappa shape index (κ2) is 6.38. The Balaban J connectivity index is 1.82. The summed E-state index contributed by atoms with van der Waals surface area (Å²) >= 11 is 2.99. The van der Waals surface area contributed by atoms with Gasteiger partial charge in [-0.2, -0.15) is 4.57 Å². The number of nitrogens with zero attached hydrogens (tertiary/aromatic N) is 2. The van der Waals surface area contributed by atoms with E-state index >= 15 is 0 Å². The fraction of sp³-hybridized carbons (Fsp3) is 0.267. The van der Waals surface area contributed by atoms with E-state index in [0.717, 1.165) is 5.03 Å². The number of hydrogen-bond acceptors (Lipinski definition) is 5. The lowest BCUT2D eigenvalue weighted by atomic mass is 10.0. The molecule has 23 heavy (non-hydrogen) atoms. The van der Waals surface area contributed by atoms with Crippen LogP contribution in [-0.2, 0) is 16.6 Å². The number of aryl methyl sites for hydroxylation is 1. The van der Waals surface area contributed by atoms with Crippen molar-refractivity contribution in [2.45, 2.75) is 16.4 Å². The Morgan fingerprint density at radius 1 is 1.57 bits per heavy atom. The highest BCUT2D eigenvalue weighted by Crippen LogP contribution is 2.39. The summed E-state index contributed by atoms with van der Waals surface area (Å²) in [6.45, 7) is 0. The van der Waals surface area contributed by atoms with Gasteiger partial charge in [-0.1, -0.05) is 0 Å². The van der Waals surface area contributed by atoms with Crippen molar-refractivity contribution in [1.29, 1.82) is 0 Å². The van der Waals surface area contributed by atoms with E-state index in [0.29, 0.717) is 11.3 Å². The van der Waals surface area contributed by atoms with Crippen LogP contribution in [0.1, 0.15) is 0 Å². The van der Waals surface area contributed by atoms with Gasteiger partial charge >= 0.3 is 5.97 Å². The van der Waals surface area contributed by atoms with Gasteiger partial charge in [0, 0.05) is 17.9 Å². The zero-order valence-corrected chi connectivity index (χ0v) is 14.0. The van der Waals surface area contributed by atoms with Crippen molar-refractivity contribution in [1.82, 2.24) is 4.90 Å². The number of carboxylic acid groups (broad SMARTS) is 1. The number of thioether (sulfide) groups is 2. The van der Waals surface area contributed by atoms with Crippen molar-refractivity contribution in [3.63, 3.8) is 0 Å². The van der Waals surface area contributed by atoms with Crippen molar-refractivity contribution in [3.8, 4) is 0 Å². The van der Waals surface area contributed by atoms with Crippen LogP contribution in [0.2, 0.25) is 0 Å². The molecule has 120 valence electrons. The van der Waals surface area contributed by atoms with Gasteiger partial charge in [0.2, 0.25) is 10.9 Å². The predicted molar refractivity (Wildman–Crippen MR) is 88.3 cm³/mol. The summed E-state index contributed by atoms with van der Waals surface area (Å²) in [5, 5.41) is 12.1. The number of fused-ring (bicyclic) bond motifs is 1. The average Bonchev–Trinajstić information content (AvgIpc) is 2.55. The Labute approximate surface area is 142 Å². The summed E-state index contributed by atoms with van der Waals surface area (Å²) < 4.78 is 1.98. The number of allylic oxidation sites excluding steroid dienone is 1. The molecule has 3 rings (SSSR count). The molecule has 0 aromatic carbocycles. The van der Waals surface area contributed by atoms with Crippen LogP contribution in [0.5, 0.6) is 0 Å². The Morgan fingerprint density at radius 3 is 3.04 bits per heavy atom. The van der Waals surface area contributed by atoms with Gasteiger partial charge in [0.25, 0.3) is 0 Å². The molecule has 8 heteroatoms. The van der Waals surface area contributed by atoms with E-state index in [4.69, 9.17) is 5.73 Å². The first-order valence-electron chi connectivity index (χ1n) is 6.95. The molecule has 3 heterocycles. The van der Waals surface area contributed by atoms with E-state index in [9.17, 15) is 14.7 Å². The molecule has 1 aromatic rings. The van der Waals surface area contributed by atoms with Gasteiger partial charge in [0.1, 0.15) is 24.2 Å². The number of carboxylic acids is 1. The Kier molecular flexibility index (Phi) is 4.47. The van der Waals surface area contributed by atoms with E-state index in [-0.39, 0.29) is 17.0 Å². The van der Waals surface area contributed by atoms with Gasteiger partial charge in [-0.05, 0) is 34.9 Å². The number of amides is 1. The minimum atomic E-state index is -1.09. The van der Waals surface area contributed by atoms with Crippen LogP contribution in [0.25, 0.3) is 0 Å². The van der Waals surface area contributed by atoms with Crippen molar-refractivity contribution in [2.24, 2.45) is 12.8 Å². The summed E-state index contributed by atoms with van der Waals surface area (Å²) in [5.41, 5.74) is 6.41. The molecule has 0 spiro atoms. The van der Waals surface area contributed by atoms with E-state index in [1.807, 2.05) is 41.4 Å². The van der Waals surface area contributed by atoms with E-state index < -0.39 is 12.0 Å². The summed E-state index contributed by atoms with van der Waals surface area (Å²) in [4.78, 5) is 24.7. The molecule has 1 aromatic heterocycles. The van der Waals surface area contributed by atoms with Crippen LogP contribution < -0.4 is 10.3 Å². The maximum atomic E-state index is 11.9. The summed E-state index contributed by atoms with van der Waals surface area (Å²) in [6.07, 6.45) is 3.71. The Bertz CT molecular complexity index is 732. The van der Waals surface area contributed by atoms with E-state index in [2.05, 4.69) is 0 Å². The molecule has 0 unspecified atom stereocenters. The largest absolute Gasteiger partial charge is 0.477 e. The molecular weight excluding hydrogens is 334 g/mol. The van der Waals surface area contributed by atoms with Crippen molar-refractivity contribution in [3.05, 3.63) is 47.2 Å². The molecule has 0 saturated carbocycles. The zero-order chi connectivity index (χ0) is 16.6. The molecule has 0 aliphatic carbocycles. The first-order valence-corrected chi connectivity index (χ1v) is 8.88.